The van der Waals surface area contributed by atoms with Gasteiger partial charge in [0.15, 0.2) is 0 Å². The van der Waals surface area contributed by atoms with Crippen LogP contribution in [-0.4, -0.2) is 18.2 Å². The first kappa shape index (κ1) is 15.7. The quantitative estimate of drug-likeness (QED) is 0.788. The van der Waals surface area contributed by atoms with Gasteiger partial charge in [-0.05, 0) is 36.4 Å². The summed E-state index contributed by atoms with van der Waals surface area (Å²) in [5.41, 5.74) is 1.75. The molecule has 2 N–H and O–H groups in total. The maximum absolute atomic E-state index is 13.6. The fourth-order valence-electron chi connectivity index (χ4n) is 2.15. The molecule has 0 amide bonds. The number of benzene rings is 2. The predicted octanol–water partition coefficient (Wildman–Crippen LogP) is 2.98. The molecule has 5 nitrogen and oxygen atoms in total. The maximum atomic E-state index is 13.6. The highest BCUT2D eigenvalue weighted by Crippen LogP contribution is 2.25. The molecule has 0 aliphatic carbocycles. The number of aromatic nitrogens is 2. The number of primary sulfonamides is 1. The molecule has 0 aliphatic rings. The van der Waals surface area contributed by atoms with E-state index in [1.54, 1.807) is 24.3 Å². The first-order valence-electron chi connectivity index (χ1n) is 6.49. The summed E-state index contributed by atoms with van der Waals surface area (Å²) in [6, 6.07) is 13.9. The van der Waals surface area contributed by atoms with Crippen molar-refractivity contribution in [3.63, 3.8) is 0 Å². The zero-order valence-corrected chi connectivity index (χ0v) is 13.2. The van der Waals surface area contributed by atoms with Crippen LogP contribution in [0.5, 0.6) is 0 Å². The molecule has 3 rings (SSSR count). The van der Waals surface area contributed by atoms with Crippen molar-refractivity contribution < 1.29 is 12.8 Å². The number of nitrogens with two attached hydrogens (primary N) is 1. The second kappa shape index (κ2) is 5.77. The Morgan fingerprint density at radius 3 is 2.22 bits per heavy atom. The first-order chi connectivity index (χ1) is 10.8. The smallest absolute Gasteiger partial charge is 0.230 e. The van der Waals surface area contributed by atoms with Crippen molar-refractivity contribution in [3.05, 3.63) is 65.6 Å². The zero-order valence-electron chi connectivity index (χ0n) is 11.6. The van der Waals surface area contributed by atoms with Gasteiger partial charge >= 0.3 is 0 Å². The monoisotopic (exact) mass is 351 g/mol. The first-order valence-corrected chi connectivity index (χ1v) is 8.42. The van der Waals surface area contributed by atoms with E-state index in [-0.39, 0.29) is 4.90 Å². The van der Waals surface area contributed by atoms with Gasteiger partial charge in [-0.3, -0.25) is 0 Å². The molecule has 0 atom stereocenters. The zero-order chi connectivity index (χ0) is 16.6. The molecular weight excluding hydrogens is 341 g/mol. The van der Waals surface area contributed by atoms with E-state index in [1.165, 1.54) is 35.0 Å². The van der Waals surface area contributed by atoms with E-state index in [2.05, 4.69) is 5.10 Å². The van der Waals surface area contributed by atoms with Crippen molar-refractivity contribution in [3.8, 4) is 16.9 Å². The predicted molar refractivity (Wildman–Crippen MR) is 85.3 cm³/mol. The van der Waals surface area contributed by atoms with Crippen LogP contribution in [0.15, 0.2) is 59.5 Å². The lowest BCUT2D eigenvalue weighted by molar-refractivity contribution is 0.566. The molecule has 8 heteroatoms. The van der Waals surface area contributed by atoms with E-state index in [4.69, 9.17) is 16.7 Å². The van der Waals surface area contributed by atoms with Crippen molar-refractivity contribution in [2.45, 2.75) is 4.90 Å². The summed E-state index contributed by atoms with van der Waals surface area (Å²) in [6.45, 7) is 0. The number of rotatable bonds is 3. The lowest BCUT2D eigenvalue weighted by Gasteiger charge is -2.08. The molecule has 2 aromatic carbocycles. The standard InChI is InChI=1S/C15H11ClFN3O2S/c16-11-3-1-10(2-4-11)14-9-15(17)19-20(14)12-5-7-13(8-6-12)23(18,21)22/h1-9H,(H2,18,21,22). The Morgan fingerprint density at radius 2 is 1.65 bits per heavy atom. The summed E-state index contributed by atoms with van der Waals surface area (Å²) < 4.78 is 37.6. The molecule has 23 heavy (non-hydrogen) atoms. The summed E-state index contributed by atoms with van der Waals surface area (Å²) in [5.74, 6) is -0.648. The summed E-state index contributed by atoms with van der Waals surface area (Å²) in [5, 5.41) is 9.44. The van der Waals surface area contributed by atoms with Crippen LogP contribution in [0.4, 0.5) is 4.39 Å². The highest BCUT2D eigenvalue weighted by atomic mass is 35.5. The average molecular weight is 352 g/mol. The third-order valence-electron chi connectivity index (χ3n) is 3.23. The Bertz CT molecular complexity index is 951. The molecule has 0 bridgehead atoms. The SMILES string of the molecule is NS(=O)(=O)c1ccc(-n2nc(F)cc2-c2ccc(Cl)cc2)cc1. The van der Waals surface area contributed by atoms with Gasteiger partial charge in [0.2, 0.25) is 16.0 Å². The van der Waals surface area contributed by atoms with E-state index in [0.717, 1.165) is 5.56 Å². The summed E-state index contributed by atoms with van der Waals surface area (Å²) in [7, 11) is -3.78. The van der Waals surface area contributed by atoms with E-state index in [1.807, 2.05) is 0 Å². The normalized spacial score (nSPS) is 11.6. The highest BCUT2D eigenvalue weighted by Gasteiger charge is 2.13. The minimum atomic E-state index is -3.78. The van der Waals surface area contributed by atoms with Gasteiger partial charge < -0.3 is 0 Å². The van der Waals surface area contributed by atoms with E-state index >= 15 is 0 Å². The largest absolute Gasteiger partial charge is 0.238 e. The minimum absolute atomic E-state index is 0.0260. The summed E-state index contributed by atoms with van der Waals surface area (Å²) >= 11 is 5.86. The molecule has 118 valence electrons. The highest BCUT2D eigenvalue weighted by molar-refractivity contribution is 7.89. The summed E-state index contributed by atoms with van der Waals surface area (Å²) in [4.78, 5) is -0.0260. The van der Waals surface area contributed by atoms with Gasteiger partial charge in [-0.15, -0.1) is 5.10 Å². The van der Waals surface area contributed by atoms with E-state index in [9.17, 15) is 12.8 Å². The Morgan fingerprint density at radius 1 is 1.04 bits per heavy atom. The van der Waals surface area contributed by atoms with Gasteiger partial charge in [0.25, 0.3) is 0 Å². The van der Waals surface area contributed by atoms with Crippen LogP contribution in [-0.2, 0) is 10.0 Å². The van der Waals surface area contributed by atoms with Gasteiger partial charge in [0.1, 0.15) is 0 Å². The Kier molecular flexibility index (Phi) is 3.93. The molecule has 1 heterocycles. The van der Waals surface area contributed by atoms with Crippen molar-refractivity contribution in [1.29, 1.82) is 0 Å². The molecule has 0 fully saturated rings. The average Bonchev–Trinajstić information content (AvgIpc) is 2.89. The molecule has 1 aromatic heterocycles. The van der Waals surface area contributed by atoms with Crippen molar-refractivity contribution in [2.24, 2.45) is 5.14 Å². The fourth-order valence-corrected chi connectivity index (χ4v) is 2.79. The van der Waals surface area contributed by atoms with Crippen molar-refractivity contribution in [1.82, 2.24) is 9.78 Å². The third kappa shape index (κ3) is 3.26. The van der Waals surface area contributed by atoms with Crippen LogP contribution in [0.25, 0.3) is 16.9 Å². The molecule has 3 aromatic rings. The Hall–Kier alpha value is -2.22. The second-order valence-corrected chi connectivity index (χ2v) is 6.81. The number of hydrogen-bond donors (Lipinski definition) is 1. The van der Waals surface area contributed by atoms with Gasteiger partial charge in [-0.2, -0.15) is 4.39 Å². The van der Waals surface area contributed by atoms with Crippen LogP contribution >= 0.6 is 11.6 Å². The maximum Gasteiger partial charge on any atom is 0.238 e. The van der Waals surface area contributed by atoms with Crippen LogP contribution in [0, 0.1) is 5.95 Å². The summed E-state index contributed by atoms with van der Waals surface area (Å²) in [6.07, 6.45) is 0. The van der Waals surface area contributed by atoms with Gasteiger partial charge in [0, 0.05) is 16.7 Å². The van der Waals surface area contributed by atoms with Crippen molar-refractivity contribution in [2.75, 3.05) is 0 Å². The minimum Gasteiger partial charge on any atom is -0.230 e. The van der Waals surface area contributed by atoms with Gasteiger partial charge in [0.05, 0.1) is 16.3 Å². The van der Waals surface area contributed by atoms with E-state index in [0.29, 0.717) is 16.4 Å². The lowest BCUT2D eigenvalue weighted by Crippen LogP contribution is -2.12. The van der Waals surface area contributed by atoms with Gasteiger partial charge in [-0.25, -0.2) is 18.2 Å². The molecule has 0 saturated carbocycles. The van der Waals surface area contributed by atoms with Crippen LogP contribution in [0.2, 0.25) is 5.02 Å². The molecule has 0 aliphatic heterocycles. The third-order valence-corrected chi connectivity index (χ3v) is 4.41. The molecule has 0 spiro atoms. The topological polar surface area (TPSA) is 78.0 Å². The molecular formula is C15H11ClFN3O2S. The lowest BCUT2D eigenvalue weighted by atomic mass is 10.1. The molecule has 0 saturated heterocycles. The molecule has 0 radical (unpaired) electrons. The van der Waals surface area contributed by atoms with Crippen molar-refractivity contribution >= 4 is 21.6 Å². The fraction of sp³-hybridized carbons (Fsp3) is 0. The van der Waals surface area contributed by atoms with Crippen LogP contribution in [0.1, 0.15) is 0 Å². The number of nitrogens with zero attached hydrogens (tertiary/aromatic N) is 2. The Balaban J connectivity index is 2.09. The van der Waals surface area contributed by atoms with Crippen LogP contribution < -0.4 is 5.14 Å². The van der Waals surface area contributed by atoms with Crippen LogP contribution in [0.3, 0.4) is 0 Å². The number of sulfonamides is 1. The van der Waals surface area contributed by atoms with E-state index < -0.39 is 16.0 Å². The van der Waals surface area contributed by atoms with Gasteiger partial charge in [-0.1, -0.05) is 23.7 Å². The second-order valence-electron chi connectivity index (χ2n) is 4.81. The molecule has 0 unspecified atom stereocenters. The Labute approximate surface area is 137 Å². The number of hydrogen-bond acceptors (Lipinski definition) is 3. The number of halogens is 2.